The van der Waals surface area contributed by atoms with Gasteiger partial charge < -0.3 is 15.2 Å². The summed E-state index contributed by atoms with van der Waals surface area (Å²) in [6.45, 7) is 2.66. The van der Waals surface area contributed by atoms with Gasteiger partial charge in [0.2, 0.25) is 0 Å². The molecular formula is C15H16ClFN4O4. The van der Waals surface area contributed by atoms with E-state index in [4.69, 9.17) is 16.3 Å². The number of ether oxygens (including phenoxy) is 1. The predicted molar refractivity (Wildman–Crippen MR) is 86.4 cm³/mol. The Bertz CT molecular complexity index is 826. The second-order valence-electron chi connectivity index (χ2n) is 5.56. The fourth-order valence-electron chi connectivity index (χ4n) is 2.15. The van der Waals surface area contributed by atoms with E-state index in [2.05, 4.69) is 15.6 Å². The van der Waals surface area contributed by atoms with Crippen LogP contribution in [0, 0.1) is 12.7 Å². The van der Waals surface area contributed by atoms with E-state index in [1.807, 2.05) is 0 Å². The zero-order valence-corrected chi connectivity index (χ0v) is 14.5. The molecule has 0 saturated heterocycles. The number of carbonyl (C=O) groups excluding carboxylic acids is 1. The van der Waals surface area contributed by atoms with Gasteiger partial charge in [0.1, 0.15) is 5.82 Å². The van der Waals surface area contributed by atoms with Crippen LogP contribution in [-0.2, 0) is 9.53 Å². The lowest BCUT2D eigenvalue weighted by molar-refractivity contribution is -0.145. The number of aromatic nitrogens is 3. The summed E-state index contributed by atoms with van der Waals surface area (Å²) in [6, 6.07) is 3.93. The summed E-state index contributed by atoms with van der Waals surface area (Å²) in [6.07, 6.45) is 0. The number of hydrogen-bond donors (Lipinski definition) is 2. The molecule has 2 rings (SSSR count). The molecule has 1 atom stereocenters. The Labute approximate surface area is 147 Å². The van der Waals surface area contributed by atoms with Crippen LogP contribution in [0.2, 0.25) is 5.02 Å². The van der Waals surface area contributed by atoms with Crippen LogP contribution in [0.1, 0.15) is 23.1 Å². The molecule has 0 aliphatic heterocycles. The number of methoxy groups -OCH3 is 1. The minimum atomic E-state index is -1.62. The number of carbonyl (C=O) groups is 2. The topological polar surface area (TPSA) is 106 Å². The molecule has 1 heterocycles. The van der Waals surface area contributed by atoms with Crippen molar-refractivity contribution in [1.82, 2.24) is 20.3 Å². The van der Waals surface area contributed by atoms with Crippen molar-refractivity contribution in [3.05, 3.63) is 40.4 Å². The van der Waals surface area contributed by atoms with Crippen LogP contribution >= 0.6 is 11.6 Å². The Hall–Kier alpha value is -2.52. The zero-order valence-electron chi connectivity index (χ0n) is 13.7. The summed E-state index contributed by atoms with van der Waals surface area (Å²) >= 11 is 5.75. The zero-order chi connectivity index (χ0) is 18.8. The van der Waals surface area contributed by atoms with E-state index in [-0.39, 0.29) is 17.3 Å². The first-order valence-electron chi connectivity index (χ1n) is 7.12. The van der Waals surface area contributed by atoms with Gasteiger partial charge in [-0.3, -0.25) is 4.79 Å². The van der Waals surface area contributed by atoms with Gasteiger partial charge in [-0.05, 0) is 32.0 Å². The molecule has 1 amide bonds. The van der Waals surface area contributed by atoms with Crippen molar-refractivity contribution in [1.29, 1.82) is 0 Å². The SMILES string of the molecule is COCC(C)(NC(=O)c1nnn(-c2ccc(F)c(Cl)c2)c1C)C(=O)O. The van der Waals surface area contributed by atoms with Crippen molar-refractivity contribution >= 4 is 23.5 Å². The smallest absolute Gasteiger partial charge is 0.331 e. The van der Waals surface area contributed by atoms with Gasteiger partial charge in [0.15, 0.2) is 11.2 Å². The predicted octanol–water partition coefficient (Wildman–Crippen LogP) is 1.59. The highest BCUT2D eigenvalue weighted by Crippen LogP contribution is 2.20. The largest absolute Gasteiger partial charge is 0.479 e. The van der Waals surface area contributed by atoms with Gasteiger partial charge in [-0.2, -0.15) is 0 Å². The lowest BCUT2D eigenvalue weighted by atomic mass is 10.0. The summed E-state index contributed by atoms with van der Waals surface area (Å²) in [4.78, 5) is 23.8. The van der Waals surface area contributed by atoms with E-state index in [0.29, 0.717) is 11.4 Å². The number of nitrogens with one attached hydrogen (secondary N) is 1. The van der Waals surface area contributed by atoms with E-state index in [1.165, 1.54) is 36.9 Å². The van der Waals surface area contributed by atoms with Crippen molar-refractivity contribution in [2.75, 3.05) is 13.7 Å². The molecule has 0 fully saturated rings. The number of aliphatic carboxylic acids is 1. The third-order valence-corrected chi connectivity index (χ3v) is 3.84. The first-order valence-corrected chi connectivity index (χ1v) is 7.50. The molecule has 8 nitrogen and oxygen atoms in total. The molecule has 1 aromatic carbocycles. The number of carboxylic acid groups (broad SMARTS) is 1. The summed E-state index contributed by atoms with van der Waals surface area (Å²) in [7, 11) is 1.33. The average molecular weight is 371 g/mol. The second-order valence-corrected chi connectivity index (χ2v) is 5.97. The van der Waals surface area contributed by atoms with Gasteiger partial charge in [0, 0.05) is 7.11 Å². The Balaban J connectivity index is 2.32. The van der Waals surface area contributed by atoms with Gasteiger partial charge in [-0.25, -0.2) is 13.9 Å². The van der Waals surface area contributed by atoms with Gasteiger partial charge in [-0.1, -0.05) is 16.8 Å². The average Bonchev–Trinajstić information content (AvgIpc) is 2.92. The second kappa shape index (κ2) is 7.16. The number of benzene rings is 1. The molecule has 1 aromatic heterocycles. The Morgan fingerprint density at radius 1 is 1.48 bits per heavy atom. The molecule has 1 unspecified atom stereocenters. The summed E-state index contributed by atoms with van der Waals surface area (Å²) in [5, 5.41) is 19.2. The van der Waals surface area contributed by atoms with Crippen LogP contribution < -0.4 is 5.32 Å². The standard InChI is InChI=1S/C15H16ClFN4O4/c1-8-12(13(22)18-15(2,7-25-3)14(23)24)19-20-21(8)9-4-5-11(17)10(16)6-9/h4-6H,7H2,1-3H3,(H,18,22)(H,23,24). The Morgan fingerprint density at radius 2 is 2.16 bits per heavy atom. The van der Waals surface area contributed by atoms with Gasteiger partial charge in [0.25, 0.3) is 5.91 Å². The fraction of sp³-hybridized carbons (Fsp3) is 0.333. The van der Waals surface area contributed by atoms with Crippen molar-refractivity contribution in [3.8, 4) is 5.69 Å². The number of nitrogens with zero attached hydrogens (tertiary/aromatic N) is 3. The van der Waals surface area contributed by atoms with Crippen LogP contribution in [0.4, 0.5) is 4.39 Å². The minimum Gasteiger partial charge on any atom is -0.479 e. The highest BCUT2D eigenvalue weighted by atomic mass is 35.5. The molecule has 134 valence electrons. The van der Waals surface area contributed by atoms with E-state index >= 15 is 0 Å². The van der Waals surface area contributed by atoms with Crippen LogP contribution in [-0.4, -0.2) is 51.2 Å². The van der Waals surface area contributed by atoms with Gasteiger partial charge in [-0.15, -0.1) is 5.10 Å². The highest BCUT2D eigenvalue weighted by molar-refractivity contribution is 6.30. The normalized spacial score (nSPS) is 13.3. The minimum absolute atomic E-state index is 0.0657. The first-order chi connectivity index (χ1) is 11.7. The number of rotatable bonds is 6. The Morgan fingerprint density at radius 3 is 2.72 bits per heavy atom. The van der Waals surface area contributed by atoms with Gasteiger partial charge >= 0.3 is 5.97 Å². The summed E-state index contributed by atoms with van der Waals surface area (Å²) in [5.74, 6) is -2.56. The monoisotopic (exact) mass is 370 g/mol. The molecule has 0 aliphatic rings. The van der Waals surface area contributed by atoms with E-state index in [0.717, 1.165) is 0 Å². The Kier molecular flexibility index (Phi) is 5.39. The molecule has 0 bridgehead atoms. The molecule has 0 saturated carbocycles. The van der Waals surface area contributed by atoms with Crippen LogP contribution in [0.15, 0.2) is 18.2 Å². The van der Waals surface area contributed by atoms with Gasteiger partial charge in [0.05, 0.1) is 23.0 Å². The van der Waals surface area contributed by atoms with Crippen LogP contribution in [0.3, 0.4) is 0 Å². The van der Waals surface area contributed by atoms with Crippen molar-refractivity contribution < 1.29 is 23.8 Å². The molecule has 0 aliphatic carbocycles. The van der Waals surface area contributed by atoms with Crippen LogP contribution in [0.25, 0.3) is 5.69 Å². The fourth-order valence-corrected chi connectivity index (χ4v) is 2.33. The third-order valence-electron chi connectivity index (χ3n) is 3.55. The number of halogens is 2. The molecule has 25 heavy (non-hydrogen) atoms. The number of carboxylic acids is 1. The lowest BCUT2D eigenvalue weighted by Crippen LogP contribution is -2.55. The lowest BCUT2D eigenvalue weighted by Gasteiger charge is -2.24. The maximum Gasteiger partial charge on any atom is 0.331 e. The van der Waals surface area contributed by atoms with E-state index < -0.39 is 23.2 Å². The number of amides is 1. The molecule has 10 heteroatoms. The third kappa shape index (κ3) is 3.77. The molecular weight excluding hydrogens is 355 g/mol. The van der Waals surface area contributed by atoms with Crippen molar-refractivity contribution in [3.63, 3.8) is 0 Å². The van der Waals surface area contributed by atoms with Crippen molar-refractivity contribution in [2.24, 2.45) is 0 Å². The first kappa shape index (κ1) is 18.8. The molecule has 0 spiro atoms. The molecule has 2 N–H and O–H groups in total. The van der Waals surface area contributed by atoms with Crippen LogP contribution in [0.5, 0.6) is 0 Å². The van der Waals surface area contributed by atoms with Crippen molar-refractivity contribution in [2.45, 2.75) is 19.4 Å². The molecule has 2 aromatic rings. The maximum atomic E-state index is 13.3. The highest BCUT2D eigenvalue weighted by Gasteiger charge is 2.36. The van der Waals surface area contributed by atoms with E-state index in [1.54, 1.807) is 6.92 Å². The maximum absolute atomic E-state index is 13.3. The summed E-state index contributed by atoms with van der Waals surface area (Å²) < 4.78 is 19.4. The van der Waals surface area contributed by atoms with E-state index in [9.17, 15) is 19.1 Å². The quantitative estimate of drug-likeness (QED) is 0.799. The molecule has 0 radical (unpaired) electrons. The summed E-state index contributed by atoms with van der Waals surface area (Å²) in [5.41, 5.74) is -0.941. The number of hydrogen-bond acceptors (Lipinski definition) is 5.